The van der Waals surface area contributed by atoms with Crippen molar-refractivity contribution in [2.75, 3.05) is 26.2 Å². The monoisotopic (exact) mass is 344 g/mol. The maximum atomic E-state index is 12.1. The first-order valence-corrected chi connectivity index (χ1v) is 9.54. The van der Waals surface area contributed by atoms with Gasteiger partial charge in [0.2, 0.25) is 0 Å². The third-order valence-corrected chi connectivity index (χ3v) is 4.55. The lowest BCUT2D eigenvalue weighted by Gasteiger charge is -2.33. The molecule has 0 spiro atoms. The van der Waals surface area contributed by atoms with E-state index < -0.39 is 0 Å². The molecule has 1 aliphatic heterocycles. The van der Waals surface area contributed by atoms with E-state index in [0.29, 0.717) is 18.7 Å². The number of nitrogens with one attached hydrogen (secondary N) is 2. The van der Waals surface area contributed by atoms with Crippen LogP contribution in [0, 0.1) is 5.92 Å². The number of carbonyl (C=O) groups excluding carboxylic acids is 1. The van der Waals surface area contributed by atoms with Gasteiger partial charge in [-0.3, -0.25) is 4.79 Å². The molecule has 1 aliphatic rings. The molecule has 0 radical (unpaired) electrons. The first-order valence-electron chi connectivity index (χ1n) is 9.54. The molecule has 1 saturated heterocycles. The Bertz CT molecular complexity index is 577. The summed E-state index contributed by atoms with van der Waals surface area (Å²) in [5.41, 5.74) is 1.77. The van der Waals surface area contributed by atoms with Crippen molar-refractivity contribution in [3.05, 3.63) is 35.4 Å². The van der Waals surface area contributed by atoms with Crippen LogP contribution in [0.2, 0.25) is 0 Å². The van der Waals surface area contributed by atoms with E-state index in [1.165, 1.54) is 12.8 Å². The van der Waals surface area contributed by atoms with E-state index >= 15 is 0 Å². The van der Waals surface area contributed by atoms with Gasteiger partial charge in [0.05, 0.1) is 6.54 Å². The molecule has 1 aromatic carbocycles. The number of amides is 1. The van der Waals surface area contributed by atoms with Gasteiger partial charge in [0, 0.05) is 31.7 Å². The van der Waals surface area contributed by atoms with Crippen LogP contribution in [0.25, 0.3) is 0 Å². The topological polar surface area (TPSA) is 56.7 Å². The van der Waals surface area contributed by atoms with Gasteiger partial charge in [-0.05, 0) is 49.8 Å². The average Bonchev–Trinajstić information content (AvgIpc) is 2.64. The number of carbonyl (C=O) groups is 1. The zero-order valence-corrected chi connectivity index (χ0v) is 15.8. The van der Waals surface area contributed by atoms with Crippen molar-refractivity contribution in [2.45, 2.75) is 46.6 Å². The molecule has 138 valence electrons. The first-order chi connectivity index (χ1) is 12.1. The van der Waals surface area contributed by atoms with Gasteiger partial charge in [0.1, 0.15) is 0 Å². The van der Waals surface area contributed by atoms with E-state index in [9.17, 15) is 4.79 Å². The Morgan fingerprint density at radius 2 is 2.00 bits per heavy atom. The predicted molar refractivity (Wildman–Crippen MR) is 104 cm³/mol. The van der Waals surface area contributed by atoms with E-state index in [1.807, 2.05) is 24.3 Å². The second kappa shape index (κ2) is 10.1. The summed E-state index contributed by atoms with van der Waals surface area (Å²) in [6.45, 7) is 10.7. The Hall–Kier alpha value is -2.04. The molecular weight excluding hydrogens is 312 g/mol. The molecule has 5 nitrogen and oxygen atoms in total. The summed E-state index contributed by atoms with van der Waals surface area (Å²) in [5.74, 6) is 1.78. The van der Waals surface area contributed by atoms with Crippen molar-refractivity contribution < 1.29 is 4.79 Å². The highest BCUT2D eigenvalue weighted by Gasteiger charge is 2.18. The molecular formula is C20H32N4O. The lowest BCUT2D eigenvalue weighted by Crippen LogP contribution is -2.45. The summed E-state index contributed by atoms with van der Waals surface area (Å²) in [5, 5.41) is 6.32. The molecule has 1 fully saturated rings. The van der Waals surface area contributed by atoms with Gasteiger partial charge in [-0.2, -0.15) is 0 Å². The van der Waals surface area contributed by atoms with Gasteiger partial charge in [0.25, 0.3) is 5.91 Å². The fraction of sp³-hybridized carbons (Fsp3) is 0.600. The predicted octanol–water partition coefficient (Wildman–Crippen LogP) is 3.02. The zero-order chi connectivity index (χ0) is 18.1. The van der Waals surface area contributed by atoms with Crippen molar-refractivity contribution in [3.8, 4) is 0 Å². The van der Waals surface area contributed by atoms with E-state index in [1.54, 1.807) is 0 Å². The summed E-state index contributed by atoms with van der Waals surface area (Å²) in [4.78, 5) is 19.3. The van der Waals surface area contributed by atoms with Crippen LogP contribution in [0.15, 0.2) is 29.3 Å². The van der Waals surface area contributed by atoms with Crippen molar-refractivity contribution in [3.63, 3.8) is 0 Å². The number of rotatable bonds is 6. The minimum atomic E-state index is -0.00963. The van der Waals surface area contributed by atoms with E-state index in [-0.39, 0.29) is 5.91 Å². The number of benzene rings is 1. The van der Waals surface area contributed by atoms with Crippen molar-refractivity contribution in [1.29, 1.82) is 0 Å². The minimum Gasteiger partial charge on any atom is -0.357 e. The molecule has 2 rings (SSSR count). The largest absolute Gasteiger partial charge is 0.357 e. The highest BCUT2D eigenvalue weighted by atomic mass is 16.1. The normalized spacial score (nSPS) is 16.0. The molecule has 1 aromatic rings. The number of piperidine rings is 1. The SMILES string of the molecule is CCCNC(=O)c1cccc(CN=C(NCC)N2CCC(C)CC2)c1. The smallest absolute Gasteiger partial charge is 0.251 e. The summed E-state index contributed by atoms with van der Waals surface area (Å²) < 4.78 is 0. The van der Waals surface area contributed by atoms with Gasteiger partial charge >= 0.3 is 0 Å². The molecule has 0 unspecified atom stereocenters. The number of likely N-dealkylation sites (tertiary alicyclic amines) is 1. The summed E-state index contributed by atoms with van der Waals surface area (Å²) >= 11 is 0. The third-order valence-electron chi connectivity index (χ3n) is 4.55. The molecule has 5 heteroatoms. The van der Waals surface area contributed by atoms with Gasteiger partial charge in [-0.1, -0.05) is 26.0 Å². The Labute approximate surface area is 151 Å². The zero-order valence-electron chi connectivity index (χ0n) is 15.8. The van der Waals surface area contributed by atoms with Gasteiger partial charge < -0.3 is 15.5 Å². The van der Waals surface area contributed by atoms with E-state index in [2.05, 4.69) is 36.3 Å². The Morgan fingerprint density at radius 1 is 1.24 bits per heavy atom. The first kappa shape index (κ1) is 19.3. The van der Waals surface area contributed by atoms with Gasteiger partial charge in [0.15, 0.2) is 5.96 Å². The molecule has 1 heterocycles. The molecule has 0 bridgehead atoms. The molecule has 1 amide bonds. The molecule has 0 aromatic heterocycles. The summed E-state index contributed by atoms with van der Waals surface area (Å²) in [6.07, 6.45) is 3.38. The number of nitrogens with zero attached hydrogens (tertiary/aromatic N) is 2. The fourth-order valence-electron chi connectivity index (χ4n) is 2.96. The Balaban J connectivity index is 2.03. The van der Waals surface area contributed by atoms with Crippen LogP contribution in [0.4, 0.5) is 0 Å². The van der Waals surface area contributed by atoms with Crippen LogP contribution in [-0.4, -0.2) is 42.9 Å². The minimum absolute atomic E-state index is 0.00963. The molecule has 25 heavy (non-hydrogen) atoms. The number of hydrogen-bond acceptors (Lipinski definition) is 2. The maximum absolute atomic E-state index is 12.1. The fourth-order valence-corrected chi connectivity index (χ4v) is 2.96. The second-order valence-electron chi connectivity index (χ2n) is 6.80. The summed E-state index contributed by atoms with van der Waals surface area (Å²) in [6, 6.07) is 7.76. The number of aliphatic imine (C=N–C) groups is 1. The number of hydrogen-bond donors (Lipinski definition) is 2. The Morgan fingerprint density at radius 3 is 2.68 bits per heavy atom. The molecule has 0 saturated carbocycles. The van der Waals surface area contributed by atoms with Crippen LogP contribution in [-0.2, 0) is 6.54 Å². The van der Waals surface area contributed by atoms with E-state index in [4.69, 9.17) is 4.99 Å². The van der Waals surface area contributed by atoms with Crippen LogP contribution in [0.1, 0.15) is 56.0 Å². The van der Waals surface area contributed by atoms with Crippen LogP contribution in [0.5, 0.6) is 0 Å². The molecule has 0 atom stereocenters. The highest BCUT2D eigenvalue weighted by molar-refractivity contribution is 5.94. The van der Waals surface area contributed by atoms with Crippen molar-refractivity contribution in [2.24, 2.45) is 10.9 Å². The van der Waals surface area contributed by atoms with Gasteiger partial charge in [-0.15, -0.1) is 0 Å². The lowest BCUT2D eigenvalue weighted by molar-refractivity contribution is 0.0953. The van der Waals surface area contributed by atoms with Gasteiger partial charge in [-0.25, -0.2) is 4.99 Å². The van der Waals surface area contributed by atoms with E-state index in [0.717, 1.165) is 43.5 Å². The molecule has 2 N–H and O–H groups in total. The standard InChI is InChI=1S/C20H32N4O/c1-4-11-22-19(25)18-8-6-7-17(14-18)15-23-20(21-5-2)24-12-9-16(3)10-13-24/h6-8,14,16H,4-5,9-13,15H2,1-3H3,(H,21,23)(H,22,25). The second-order valence-corrected chi connectivity index (χ2v) is 6.80. The lowest BCUT2D eigenvalue weighted by atomic mass is 10.00. The summed E-state index contributed by atoms with van der Waals surface area (Å²) in [7, 11) is 0. The molecule has 0 aliphatic carbocycles. The van der Waals surface area contributed by atoms with Crippen molar-refractivity contribution >= 4 is 11.9 Å². The third kappa shape index (κ3) is 6.07. The average molecular weight is 345 g/mol. The highest BCUT2D eigenvalue weighted by Crippen LogP contribution is 2.16. The van der Waals surface area contributed by atoms with Crippen LogP contribution >= 0.6 is 0 Å². The quantitative estimate of drug-likeness (QED) is 0.616. The Kier molecular flexibility index (Phi) is 7.76. The van der Waals surface area contributed by atoms with Crippen LogP contribution < -0.4 is 10.6 Å². The van der Waals surface area contributed by atoms with Crippen molar-refractivity contribution in [1.82, 2.24) is 15.5 Å². The maximum Gasteiger partial charge on any atom is 0.251 e. The number of guanidine groups is 1. The van der Waals surface area contributed by atoms with Crippen LogP contribution in [0.3, 0.4) is 0 Å².